The van der Waals surface area contributed by atoms with E-state index >= 15 is 0 Å². The number of nitrogens with zero attached hydrogens (tertiary/aromatic N) is 2. The number of carbonyl (C=O) groups is 1. The molecule has 1 aromatic rings. The molecule has 4 heteroatoms. The molecule has 2 rings (SSSR count). The van der Waals surface area contributed by atoms with Crippen LogP contribution in [-0.2, 0) is 0 Å². The van der Waals surface area contributed by atoms with Crippen molar-refractivity contribution in [3.63, 3.8) is 0 Å². The average Bonchev–Trinajstić information content (AvgIpc) is 2.79. The third-order valence-electron chi connectivity index (χ3n) is 3.09. The van der Waals surface area contributed by atoms with E-state index in [0.717, 1.165) is 18.4 Å². The maximum atomic E-state index is 12.3. The highest BCUT2D eigenvalue weighted by Crippen LogP contribution is 2.23. The standard InChI is InChI=1S/C13H13ClN2O/c1-9-4-5-10(14)7-12(9)13(17)16-6-2-3-11(16)8-15/h4-5,7,11H,2-3,6H2,1H3. The van der Waals surface area contributed by atoms with Crippen LogP contribution in [0.2, 0.25) is 5.02 Å². The number of nitriles is 1. The summed E-state index contributed by atoms with van der Waals surface area (Å²) in [4.78, 5) is 13.9. The van der Waals surface area contributed by atoms with Gasteiger partial charge in [0.15, 0.2) is 0 Å². The van der Waals surface area contributed by atoms with Crippen molar-refractivity contribution in [1.82, 2.24) is 4.90 Å². The van der Waals surface area contributed by atoms with Crippen molar-refractivity contribution in [2.75, 3.05) is 6.54 Å². The predicted octanol–water partition coefficient (Wildman–Crippen LogP) is 2.78. The molecule has 1 aromatic carbocycles. The van der Waals surface area contributed by atoms with Crippen molar-refractivity contribution in [3.05, 3.63) is 34.3 Å². The predicted molar refractivity (Wildman–Crippen MR) is 65.9 cm³/mol. The Morgan fingerprint density at radius 1 is 1.59 bits per heavy atom. The molecule has 0 bridgehead atoms. The largest absolute Gasteiger partial charge is 0.323 e. The number of rotatable bonds is 1. The number of halogens is 1. The summed E-state index contributed by atoms with van der Waals surface area (Å²) < 4.78 is 0. The van der Waals surface area contributed by atoms with Crippen LogP contribution >= 0.6 is 11.6 Å². The van der Waals surface area contributed by atoms with Gasteiger partial charge in [0, 0.05) is 17.1 Å². The van der Waals surface area contributed by atoms with Crippen molar-refractivity contribution in [1.29, 1.82) is 5.26 Å². The van der Waals surface area contributed by atoms with Crippen LogP contribution in [0.3, 0.4) is 0 Å². The van der Waals surface area contributed by atoms with Gasteiger partial charge in [-0.3, -0.25) is 4.79 Å². The van der Waals surface area contributed by atoms with E-state index in [9.17, 15) is 4.79 Å². The molecule has 1 fully saturated rings. The molecule has 1 unspecified atom stereocenters. The number of benzene rings is 1. The fourth-order valence-corrected chi connectivity index (χ4v) is 2.30. The third-order valence-corrected chi connectivity index (χ3v) is 3.33. The SMILES string of the molecule is Cc1ccc(Cl)cc1C(=O)N1CCCC1C#N. The lowest BCUT2D eigenvalue weighted by molar-refractivity contribution is 0.0764. The minimum absolute atomic E-state index is 0.0888. The lowest BCUT2D eigenvalue weighted by Crippen LogP contribution is -2.34. The zero-order valence-electron chi connectivity index (χ0n) is 9.61. The average molecular weight is 249 g/mol. The topological polar surface area (TPSA) is 44.1 Å². The van der Waals surface area contributed by atoms with Gasteiger partial charge in [0.1, 0.15) is 6.04 Å². The smallest absolute Gasteiger partial charge is 0.255 e. The molecule has 0 aliphatic carbocycles. The Kier molecular flexibility index (Phi) is 3.35. The van der Waals surface area contributed by atoms with Crippen molar-refractivity contribution < 1.29 is 4.79 Å². The molecule has 88 valence electrons. The first-order valence-corrected chi connectivity index (χ1v) is 5.98. The number of aryl methyl sites for hydroxylation is 1. The summed E-state index contributed by atoms with van der Waals surface area (Å²) in [6.45, 7) is 2.53. The van der Waals surface area contributed by atoms with Gasteiger partial charge in [-0.1, -0.05) is 17.7 Å². The molecule has 0 spiro atoms. The van der Waals surface area contributed by atoms with Gasteiger partial charge in [-0.25, -0.2) is 0 Å². The molecule has 0 radical (unpaired) electrons. The summed E-state index contributed by atoms with van der Waals surface area (Å²) in [6, 6.07) is 7.14. The number of likely N-dealkylation sites (tertiary alicyclic amines) is 1. The molecule has 1 atom stereocenters. The first-order chi connectivity index (χ1) is 8.13. The quantitative estimate of drug-likeness (QED) is 0.767. The Labute approximate surface area is 106 Å². The van der Waals surface area contributed by atoms with E-state index in [4.69, 9.17) is 16.9 Å². The Balaban J connectivity index is 2.31. The van der Waals surface area contributed by atoms with Crippen molar-refractivity contribution in [2.24, 2.45) is 0 Å². The number of carbonyl (C=O) groups excluding carboxylic acids is 1. The molecule has 1 aliphatic heterocycles. The van der Waals surface area contributed by atoms with Gasteiger partial charge < -0.3 is 4.90 Å². The van der Waals surface area contributed by atoms with Crippen molar-refractivity contribution in [3.8, 4) is 6.07 Å². The normalized spacial score (nSPS) is 19.1. The second kappa shape index (κ2) is 4.77. The fourth-order valence-electron chi connectivity index (χ4n) is 2.12. The van der Waals surface area contributed by atoms with E-state index in [2.05, 4.69) is 6.07 Å². The minimum atomic E-state index is -0.291. The van der Waals surface area contributed by atoms with Crippen LogP contribution in [0.5, 0.6) is 0 Å². The summed E-state index contributed by atoms with van der Waals surface area (Å²) in [6.07, 6.45) is 1.66. The van der Waals surface area contributed by atoms with Gasteiger partial charge in [-0.2, -0.15) is 5.26 Å². The summed E-state index contributed by atoms with van der Waals surface area (Å²) >= 11 is 5.90. The highest BCUT2D eigenvalue weighted by molar-refractivity contribution is 6.31. The van der Waals surface area contributed by atoms with Crippen molar-refractivity contribution >= 4 is 17.5 Å². The van der Waals surface area contributed by atoms with E-state index in [-0.39, 0.29) is 11.9 Å². The fraction of sp³-hybridized carbons (Fsp3) is 0.385. The Morgan fingerprint density at radius 3 is 3.06 bits per heavy atom. The molecular formula is C13H13ClN2O. The lowest BCUT2D eigenvalue weighted by Gasteiger charge is -2.20. The van der Waals surface area contributed by atoms with Gasteiger partial charge in [0.2, 0.25) is 0 Å². The molecule has 1 amide bonds. The van der Waals surface area contributed by atoms with E-state index in [1.54, 1.807) is 17.0 Å². The molecule has 0 N–H and O–H groups in total. The molecule has 3 nitrogen and oxygen atoms in total. The maximum absolute atomic E-state index is 12.3. The summed E-state index contributed by atoms with van der Waals surface area (Å²) in [5.74, 6) is -0.0888. The Hall–Kier alpha value is -1.53. The van der Waals surface area contributed by atoms with Crippen LogP contribution in [-0.4, -0.2) is 23.4 Å². The molecule has 0 saturated carbocycles. The lowest BCUT2D eigenvalue weighted by atomic mass is 10.1. The van der Waals surface area contributed by atoms with Gasteiger partial charge in [0.05, 0.1) is 6.07 Å². The first kappa shape index (κ1) is 11.9. The minimum Gasteiger partial charge on any atom is -0.323 e. The van der Waals surface area contributed by atoms with Gasteiger partial charge in [0.25, 0.3) is 5.91 Å². The van der Waals surface area contributed by atoms with E-state index in [0.29, 0.717) is 17.1 Å². The van der Waals surface area contributed by atoms with Gasteiger partial charge in [-0.15, -0.1) is 0 Å². The summed E-state index contributed by atoms with van der Waals surface area (Å²) in [7, 11) is 0. The maximum Gasteiger partial charge on any atom is 0.255 e. The number of hydrogen-bond donors (Lipinski definition) is 0. The van der Waals surface area contributed by atoms with E-state index < -0.39 is 0 Å². The van der Waals surface area contributed by atoms with Crippen LogP contribution in [0.25, 0.3) is 0 Å². The number of hydrogen-bond acceptors (Lipinski definition) is 2. The second-order valence-corrected chi connectivity index (χ2v) is 4.68. The zero-order chi connectivity index (χ0) is 12.4. The Morgan fingerprint density at radius 2 is 2.35 bits per heavy atom. The zero-order valence-corrected chi connectivity index (χ0v) is 10.4. The van der Waals surface area contributed by atoms with Crippen LogP contribution in [0.4, 0.5) is 0 Å². The highest BCUT2D eigenvalue weighted by atomic mass is 35.5. The molecule has 1 heterocycles. The summed E-state index contributed by atoms with van der Waals surface area (Å²) in [5, 5.41) is 9.53. The molecule has 1 aliphatic rings. The molecular weight excluding hydrogens is 236 g/mol. The monoisotopic (exact) mass is 248 g/mol. The molecule has 17 heavy (non-hydrogen) atoms. The van der Waals surface area contributed by atoms with Crippen LogP contribution in [0.15, 0.2) is 18.2 Å². The summed E-state index contributed by atoms with van der Waals surface area (Å²) in [5.41, 5.74) is 1.49. The van der Waals surface area contributed by atoms with Crippen LogP contribution < -0.4 is 0 Å². The second-order valence-electron chi connectivity index (χ2n) is 4.24. The van der Waals surface area contributed by atoms with E-state index in [1.165, 1.54) is 0 Å². The van der Waals surface area contributed by atoms with Crippen molar-refractivity contribution in [2.45, 2.75) is 25.8 Å². The van der Waals surface area contributed by atoms with Gasteiger partial charge >= 0.3 is 0 Å². The van der Waals surface area contributed by atoms with Crippen LogP contribution in [0, 0.1) is 18.3 Å². The van der Waals surface area contributed by atoms with E-state index in [1.807, 2.05) is 13.0 Å². The third kappa shape index (κ3) is 2.27. The van der Waals surface area contributed by atoms with Crippen LogP contribution in [0.1, 0.15) is 28.8 Å². The first-order valence-electron chi connectivity index (χ1n) is 5.60. The molecule has 0 aromatic heterocycles. The highest BCUT2D eigenvalue weighted by Gasteiger charge is 2.29. The number of amides is 1. The van der Waals surface area contributed by atoms with Gasteiger partial charge in [-0.05, 0) is 37.5 Å². The Bertz CT molecular complexity index is 493. The molecule has 1 saturated heterocycles.